The van der Waals surface area contributed by atoms with Gasteiger partial charge in [-0.15, -0.1) is 0 Å². The molecule has 0 spiro atoms. The fraction of sp³-hybridized carbons (Fsp3) is 0.360. The summed E-state index contributed by atoms with van der Waals surface area (Å²) in [6, 6.07) is 11.7. The highest BCUT2D eigenvalue weighted by atomic mass is 16.5. The van der Waals surface area contributed by atoms with E-state index in [1.54, 1.807) is 50.6 Å². The van der Waals surface area contributed by atoms with Crippen molar-refractivity contribution in [2.75, 3.05) is 40.2 Å². The molecule has 176 valence electrons. The predicted octanol–water partition coefficient (Wildman–Crippen LogP) is 3.23. The van der Waals surface area contributed by atoms with Crippen molar-refractivity contribution < 1.29 is 23.8 Å². The molecule has 8 nitrogen and oxygen atoms in total. The van der Waals surface area contributed by atoms with Crippen LogP contribution in [0.5, 0.6) is 5.75 Å². The van der Waals surface area contributed by atoms with Gasteiger partial charge in [0.2, 0.25) is 0 Å². The summed E-state index contributed by atoms with van der Waals surface area (Å²) in [5.74, 6) is 0.0630. The molecule has 33 heavy (non-hydrogen) atoms. The minimum absolute atomic E-state index is 0.0911. The average Bonchev–Trinajstić information content (AvgIpc) is 2.81. The smallest absolute Gasteiger partial charge is 0.349 e. The number of fused-ring (bicyclic) bond motifs is 1. The number of ether oxygens (including phenoxy) is 2. The van der Waals surface area contributed by atoms with Crippen LogP contribution in [0.4, 0.5) is 5.69 Å². The normalized spacial score (nSPS) is 13.2. The maximum Gasteiger partial charge on any atom is 0.349 e. The maximum absolute atomic E-state index is 12.8. The molecule has 3 rings (SSSR count). The fourth-order valence-electron chi connectivity index (χ4n) is 3.79. The molecule has 0 saturated heterocycles. The number of aliphatic hydroxyl groups is 1. The van der Waals surface area contributed by atoms with Gasteiger partial charge in [0.25, 0.3) is 5.91 Å². The van der Waals surface area contributed by atoms with Crippen LogP contribution >= 0.6 is 0 Å². The van der Waals surface area contributed by atoms with Crippen molar-refractivity contribution in [2.45, 2.75) is 25.5 Å². The number of carbonyl (C=O) groups is 1. The zero-order valence-electron chi connectivity index (χ0n) is 19.5. The lowest BCUT2D eigenvalue weighted by Gasteiger charge is -2.28. The standard InChI is InChI=1S/C25H30N2O6/c1-6-18-21(32-5)12-9-16-13-19(25(30)33-23(16)18)24(29)26-17-10-7-15(8-11-17)22(28)20(14-31-4)27(2)3/h7-13,20,22,28H,6,14H2,1-5H3,(H,26,29)/t20-,22+/m1/s1. The highest BCUT2D eigenvalue weighted by Crippen LogP contribution is 2.28. The summed E-state index contributed by atoms with van der Waals surface area (Å²) in [5, 5.41) is 14.0. The topological polar surface area (TPSA) is 101 Å². The molecule has 0 saturated carbocycles. The largest absolute Gasteiger partial charge is 0.496 e. The minimum atomic E-state index is -0.762. The van der Waals surface area contributed by atoms with Crippen LogP contribution in [-0.4, -0.2) is 56.9 Å². The summed E-state index contributed by atoms with van der Waals surface area (Å²) >= 11 is 0. The maximum atomic E-state index is 12.8. The number of likely N-dealkylation sites (N-methyl/N-ethyl adjacent to an activating group) is 1. The lowest BCUT2D eigenvalue weighted by Crippen LogP contribution is -2.37. The van der Waals surface area contributed by atoms with Crippen LogP contribution in [0, 0.1) is 0 Å². The van der Waals surface area contributed by atoms with E-state index in [0.29, 0.717) is 41.0 Å². The predicted molar refractivity (Wildman–Crippen MR) is 127 cm³/mol. The first-order valence-corrected chi connectivity index (χ1v) is 10.7. The minimum Gasteiger partial charge on any atom is -0.496 e. The summed E-state index contributed by atoms with van der Waals surface area (Å²) in [5.41, 5.74) is 1.57. The first-order valence-electron chi connectivity index (χ1n) is 10.7. The van der Waals surface area contributed by atoms with Crippen molar-refractivity contribution in [3.8, 4) is 5.75 Å². The van der Waals surface area contributed by atoms with E-state index in [9.17, 15) is 14.7 Å². The SMILES string of the molecule is CCc1c(OC)ccc2cc(C(=O)Nc3ccc([C@H](O)[C@@H](COC)N(C)C)cc3)c(=O)oc12. The molecule has 3 aromatic rings. The Morgan fingerprint density at radius 1 is 1.15 bits per heavy atom. The molecule has 0 unspecified atom stereocenters. The molecule has 0 aliphatic carbocycles. The Morgan fingerprint density at radius 3 is 2.42 bits per heavy atom. The summed E-state index contributed by atoms with van der Waals surface area (Å²) in [6.07, 6.45) is -0.145. The van der Waals surface area contributed by atoms with Gasteiger partial charge in [-0.1, -0.05) is 19.1 Å². The molecule has 0 aliphatic rings. The Bertz CT molecular complexity index is 1170. The number of rotatable bonds is 9. The van der Waals surface area contributed by atoms with Crippen molar-refractivity contribution in [3.63, 3.8) is 0 Å². The van der Waals surface area contributed by atoms with Crippen molar-refractivity contribution in [1.82, 2.24) is 4.90 Å². The van der Waals surface area contributed by atoms with Crippen LogP contribution in [0.15, 0.2) is 51.7 Å². The molecule has 0 aliphatic heterocycles. The zero-order chi connectivity index (χ0) is 24.1. The van der Waals surface area contributed by atoms with E-state index in [0.717, 1.165) is 5.56 Å². The summed E-state index contributed by atoms with van der Waals surface area (Å²) in [4.78, 5) is 27.2. The Labute approximate surface area is 192 Å². The fourth-order valence-corrected chi connectivity index (χ4v) is 3.79. The first-order chi connectivity index (χ1) is 15.8. The highest BCUT2D eigenvalue weighted by Gasteiger charge is 2.23. The zero-order valence-corrected chi connectivity index (χ0v) is 19.5. The number of methoxy groups -OCH3 is 2. The van der Waals surface area contributed by atoms with E-state index in [1.807, 2.05) is 25.9 Å². The average molecular weight is 455 g/mol. The van der Waals surface area contributed by atoms with Crippen LogP contribution in [0.25, 0.3) is 11.0 Å². The molecule has 2 N–H and O–H groups in total. The first kappa shape index (κ1) is 24.4. The Morgan fingerprint density at radius 2 is 1.85 bits per heavy atom. The summed E-state index contributed by atoms with van der Waals surface area (Å²) in [6.45, 7) is 2.31. The molecule has 0 radical (unpaired) electrons. The van der Waals surface area contributed by atoms with Gasteiger partial charge in [-0.05, 0) is 56.4 Å². The number of nitrogens with zero attached hydrogens (tertiary/aromatic N) is 1. The monoisotopic (exact) mass is 454 g/mol. The van der Waals surface area contributed by atoms with Gasteiger partial charge in [0.05, 0.1) is 25.9 Å². The van der Waals surface area contributed by atoms with Crippen LogP contribution in [0.2, 0.25) is 0 Å². The van der Waals surface area contributed by atoms with E-state index >= 15 is 0 Å². The van der Waals surface area contributed by atoms with Gasteiger partial charge in [0.15, 0.2) is 0 Å². The third-order valence-corrected chi connectivity index (χ3v) is 5.66. The van der Waals surface area contributed by atoms with Crippen molar-refractivity contribution in [1.29, 1.82) is 0 Å². The van der Waals surface area contributed by atoms with Gasteiger partial charge in [0.1, 0.15) is 16.9 Å². The van der Waals surface area contributed by atoms with Gasteiger partial charge >= 0.3 is 5.63 Å². The van der Waals surface area contributed by atoms with Crippen LogP contribution < -0.4 is 15.7 Å². The van der Waals surface area contributed by atoms with E-state index in [1.165, 1.54) is 6.07 Å². The molecule has 8 heteroatoms. The molecule has 0 bridgehead atoms. The lowest BCUT2D eigenvalue weighted by molar-refractivity contribution is 0.0232. The second-order valence-electron chi connectivity index (χ2n) is 7.97. The number of aliphatic hydroxyl groups excluding tert-OH is 1. The number of nitrogens with one attached hydrogen (secondary N) is 1. The molecular weight excluding hydrogens is 424 g/mol. The van der Waals surface area contributed by atoms with E-state index in [-0.39, 0.29) is 11.6 Å². The van der Waals surface area contributed by atoms with Gasteiger partial charge < -0.3 is 29.2 Å². The second kappa shape index (κ2) is 10.6. The number of hydrogen-bond acceptors (Lipinski definition) is 7. The van der Waals surface area contributed by atoms with Gasteiger partial charge in [0, 0.05) is 23.7 Å². The van der Waals surface area contributed by atoms with E-state index in [2.05, 4.69) is 5.32 Å². The number of amides is 1. The lowest BCUT2D eigenvalue weighted by atomic mass is 10.0. The number of anilines is 1. The molecule has 2 atom stereocenters. The highest BCUT2D eigenvalue weighted by molar-refractivity contribution is 6.05. The molecular formula is C25H30N2O6. The third kappa shape index (κ3) is 5.24. The second-order valence-corrected chi connectivity index (χ2v) is 7.97. The number of hydrogen-bond donors (Lipinski definition) is 2. The summed E-state index contributed by atoms with van der Waals surface area (Å²) < 4.78 is 16.0. The van der Waals surface area contributed by atoms with Gasteiger partial charge in [-0.2, -0.15) is 0 Å². The quantitative estimate of drug-likeness (QED) is 0.479. The molecule has 0 fully saturated rings. The third-order valence-electron chi connectivity index (χ3n) is 5.66. The van der Waals surface area contributed by atoms with Crippen molar-refractivity contribution in [2.24, 2.45) is 0 Å². The summed E-state index contributed by atoms with van der Waals surface area (Å²) in [7, 11) is 6.89. The Balaban J connectivity index is 1.82. The number of carbonyl (C=O) groups excluding carboxylic acids is 1. The molecule has 1 heterocycles. The van der Waals surface area contributed by atoms with Crippen LogP contribution in [0.1, 0.15) is 34.5 Å². The van der Waals surface area contributed by atoms with Crippen LogP contribution in [-0.2, 0) is 11.2 Å². The van der Waals surface area contributed by atoms with Crippen LogP contribution in [0.3, 0.4) is 0 Å². The molecule has 1 aromatic heterocycles. The van der Waals surface area contributed by atoms with Gasteiger partial charge in [-0.25, -0.2) is 4.79 Å². The van der Waals surface area contributed by atoms with Gasteiger partial charge in [-0.3, -0.25) is 4.79 Å². The van der Waals surface area contributed by atoms with Crippen molar-refractivity contribution in [3.05, 3.63) is 69.6 Å². The molecule has 2 aromatic carbocycles. The van der Waals surface area contributed by atoms with E-state index in [4.69, 9.17) is 13.9 Å². The molecule has 1 amide bonds. The Hall–Kier alpha value is -3.20. The van der Waals surface area contributed by atoms with Crippen molar-refractivity contribution >= 4 is 22.6 Å². The Kier molecular flexibility index (Phi) is 7.86. The number of benzene rings is 2. The number of aryl methyl sites for hydroxylation is 1. The van der Waals surface area contributed by atoms with E-state index < -0.39 is 17.6 Å².